The summed E-state index contributed by atoms with van der Waals surface area (Å²) in [5.41, 5.74) is 0.767. The number of rotatable bonds is 2. The molecule has 2 nitrogen and oxygen atoms in total. The quantitative estimate of drug-likeness (QED) is 0.767. The highest BCUT2D eigenvalue weighted by Gasteiger charge is 2.28. The van der Waals surface area contributed by atoms with E-state index in [-0.39, 0.29) is 11.9 Å². The molecule has 15 heavy (non-hydrogen) atoms. The van der Waals surface area contributed by atoms with Gasteiger partial charge in [-0.1, -0.05) is 0 Å². The largest absolute Gasteiger partial charge is 0.334 e. The van der Waals surface area contributed by atoms with E-state index in [0.717, 1.165) is 28.7 Å². The predicted molar refractivity (Wildman–Crippen MR) is 66.8 cm³/mol. The highest BCUT2D eigenvalue weighted by Crippen LogP contribution is 2.25. The molecule has 1 aromatic heterocycles. The molecule has 1 saturated heterocycles. The Balaban J connectivity index is 2.13. The van der Waals surface area contributed by atoms with E-state index in [1.54, 1.807) is 0 Å². The predicted octanol–water partition coefficient (Wildman–Crippen LogP) is 3.35. The fourth-order valence-corrected chi connectivity index (χ4v) is 3.30. The molecule has 82 valence electrons. The van der Waals surface area contributed by atoms with Crippen LogP contribution in [0.15, 0.2) is 15.2 Å². The number of amides is 1. The van der Waals surface area contributed by atoms with Crippen LogP contribution in [0.25, 0.3) is 0 Å². The first-order chi connectivity index (χ1) is 7.22. The van der Waals surface area contributed by atoms with Gasteiger partial charge in [0.05, 0.1) is 9.35 Å². The number of hydrogen-bond acceptors (Lipinski definition) is 2. The molecular formula is C10H11BrClNOS. The third-order valence-corrected chi connectivity index (χ3v) is 4.49. The lowest BCUT2D eigenvalue weighted by Gasteiger charge is -2.22. The average molecular weight is 309 g/mol. The Bertz CT molecular complexity index is 368. The minimum atomic E-state index is 0.111. The van der Waals surface area contributed by atoms with E-state index in [1.165, 1.54) is 11.3 Å². The first kappa shape index (κ1) is 11.4. The fourth-order valence-electron chi connectivity index (χ4n) is 1.85. The third-order valence-electron chi connectivity index (χ3n) is 2.63. The van der Waals surface area contributed by atoms with Crippen LogP contribution in [0.2, 0.25) is 0 Å². The van der Waals surface area contributed by atoms with E-state index in [0.29, 0.717) is 5.88 Å². The van der Waals surface area contributed by atoms with Gasteiger partial charge in [-0.15, -0.1) is 22.9 Å². The Kier molecular flexibility index (Phi) is 3.69. The van der Waals surface area contributed by atoms with Crippen molar-refractivity contribution in [3.05, 3.63) is 20.8 Å². The van der Waals surface area contributed by atoms with E-state index in [1.807, 2.05) is 16.3 Å². The van der Waals surface area contributed by atoms with E-state index in [4.69, 9.17) is 11.6 Å². The summed E-state index contributed by atoms with van der Waals surface area (Å²) in [5.74, 6) is 0.650. The molecular weight excluding hydrogens is 298 g/mol. The van der Waals surface area contributed by atoms with Gasteiger partial charge in [0.2, 0.25) is 0 Å². The topological polar surface area (TPSA) is 20.3 Å². The number of carbonyl (C=O) groups is 1. The molecule has 0 saturated carbocycles. The number of likely N-dealkylation sites (tertiary alicyclic amines) is 1. The van der Waals surface area contributed by atoms with Crippen molar-refractivity contribution in [2.24, 2.45) is 0 Å². The molecule has 1 aromatic rings. The van der Waals surface area contributed by atoms with Gasteiger partial charge in [0, 0.05) is 23.8 Å². The summed E-state index contributed by atoms with van der Waals surface area (Å²) in [6.07, 6.45) is 2.09. The van der Waals surface area contributed by atoms with E-state index >= 15 is 0 Å². The number of thiophene rings is 1. The van der Waals surface area contributed by atoms with Crippen molar-refractivity contribution in [1.82, 2.24) is 4.90 Å². The van der Waals surface area contributed by atoms with Crippen molar-refractivity contribution in [3.63, 3.8) is 0 Å². The van der Waals surface area contributed by atoms with Crippen LogP contribution < -0.4 is 0 Å². The molecule has 1 amide bonds. The molecule has 1 aliphatic heterocycles. The van der Waals surface area contributed by atoms with Crippen molar-refractivity contribution >= 4 is 44.8 Å². The smallest absolute Gasteiger partial charge is 0.255 e. The molecule has 0 N–H and O–H groups in total. The molecule has 1 fully saturated rings. The van der Waals surface area contributed by atoms with Gasteiger partial charge in [0.1, 0.15) is 0 Å². The van der Waals surface area contributed by atoms with E-state index < -0.39 is 0 Å². The van der Waals surface area contributed by atoms with Crippen molar-refractivity contribution in [1.29, 1.82) is 0 Å². The average Bonchev–Trinajstić information content (AvgIpc) is 2.84. The highest BCUT2D eigenvalue weighted by atomic mass is 79.9. The van der Waals surface area contributed by atoms with Gasteiger partial charge in [-0.25, -0.2) is 0 Å². The lowest BCUT2D eigenvalue weighted by atomic mass is 10.2. The zero-order valence-corrected chi connectivity index (χ0v) is 11.2. The van der Waals surface area contributed by atoms with Gasteiger partial charge < -0.3 is 4.90 Å². The molecule has 1 aliphatic rings. The Hall–Kier alpha value is -0.0600. The van der Waals surface area contributed by atoms with Crippen LogP contribution in [0.4, 0.5) is 0 Å². The van der Waals surface area contributed by atoms with Crippen LogP contribution in [-0.2, 0) is 0 Å². The summed E-state index contributed by atoms with van der Waals surface area (Å²) >= 11 is 10.7. The van der Waals surface area contributed by atoms with Gasteiger partial charge in [-0.3, -0.25) is 4.79 Å². The fraction of sp³-hybridized carbons (Fsp3) is 0.500. The van der Waals surface area contributed by atoms with Crippen molar-refractivity contribution in [3.8, 4) is 0 Å². The minimum absolute atomic E-state index is 0.111. The zero-order valence-electron chi connectivity index (χ0n) is 8.08. The van der Waals surface area contributed by atoms with Gasteiger partial charge in [-0.2, -0.15) is 0 Å². The number of alkyl halides is 1. The minimum Gasteiger partial charge on any atom is -0.334 e. The summed E-state index contributed by atoms with van der Waals surface area (Å²) < 4.78 is 0.993. The molecule has 0 radical (unpaired) electrons. The number of carbonyl (C=O) groups excluding carboxylic acids is 1. The Labute approximate surface area is 106 Å². The SMILES string of the molecule is O=C(c1csc(Br)c1)N1CCCC1CCl. The Morgan fingerprint density at radius 2 is 2.53 bits per heavy atom. The zero-order chi connectivity index (χ0) is 10.8. The lowest BCUT2D eigenvalue weighted by Crippen LogP contribution is -2.36. The summed E-state index contributed by atoms with van der Waals surface area (Å²) in [5, 5.41) is 1.88. The van der Waals surface area contributed by atoms with E-state index in [9.17, 15) is 4.79 Å². The molecule has 0 aromatic carbocycles. The van der Waals surface area contributed by atoms with Crippen molar-refractivity contribution < 1.29 is 4.79 Å². The molecule has 2 heterocycles. The van der Waals surface area contributed by atoms with Crippen LogP contribution in [0, 0.1) is 0 Å². The summed E-state index contributed by atoms with van der Waals surface area (Å²) in [6.45, 7) is 0.837. The summed E-state index contributed by atoms with van der Waals surface area (Å²) in [6, 6.07) is 2.09. The molecule has 5 heteroatoms. The van der Waals surface area contributed by atoms with Crippen molar-refractivity contribution in [2.45, 2.75) is 18.9 Å². The Morgan fingerprint density at radius 1 is 1.73 bits per heavy atom. The van der Waals surface area contributed by atoms with Gasteiger partial charge in [0.15, 0.2) is 0 Å². The second-order valence-corrected chi connectivity index (χ2v) is 6.19. The number of nitrogens with zero attached hydrogens (tertiary/aromatic N) is 1. The maximum Gasteiger partial charge on any atom is 0.255 e. The second-order valence-electron chi connectivity index (χ2n) is 3.59. The van der Waals surface area contributed by atoms with Crippen LogP contribution >= 0.6 is 38.9 Å². The van der Waals surface area contributed by atoms with Gasteiger partial charge in [-0.05, 0) is 34.8 Å². The van der Waals surface area contributed by atoms with Crippen LogP contribution in [0.5, 0.6) is 0 Å². The van der Waals surface area contributed by atoms with Crippen LogP contribution in [0.1, 0.15) is 23.2 Å². The van der Waals surface area contributed by atoms with Gasteiger partial charge in [0.25, 0.3) is 5.91 Å². The first-order valence-electron chi connectivity index (χ1n) is 4.83. The first-order valence-corrected chi connectivity index (χ1v) is 7.04. The second kappa shape index (κ2) is 4.85. The summed E-state index contributed by atoms with van der Waals surface area (Å²) in [4.78, 5) is 14.0. The molecule has 1 unspecified atom stereocenters. The maximum atomic E-state index is 12.1. The van der Waals surface area contributed by atoms with Crippen LogP contribution in [0.3, 0.4) is 0 Å². The lowest BCUT2D eigenvalue weighted by molar-refractivity contribution is 0.0749. The highest BCUT2D eigenvalue weighted by molar-refractivity contribution is 9.11. The standard InChI is InChI=1S/C10H11BrClNOS/c11-9-4-7(6-15-9)10(14)13-3-1-2-8(13)5-12/h4,6,8H,1-3,5H2. The molecule has 0 spiro atoms. The molecule has 0 bridgehead atoms. The Morgan fingerprint density at radius 3 is 3.13 bits per heavy atom. The molecule has 2 rings (SSSR count). The van der Waals surface area contributed by atoms with Crippen LogP contribution in [-0.4, -0.2) is 29.3 Å². The normalized spacial score (nSPS) is 20.9. The number of halogens is 2. The van der Waals surface area contributed by atoms with Crippen molar-refractivity contribution in [2.75, 3.05) is 12.4 Å². The third kappa shape index (κ3) is 2.37. The monoisotopic (exact) mass is 307 g/mol. The molecule has 0 aliphatic carbocycles. The maximum absolute atomic E-state index is 12.1. The van der Waals surface area contributed by atoms with Gasteiger partial charge >= 0.3 is 0 Å². The molecule has 1 atom stereocenters. The summed E-state index contributed by atoms with van der Waals surface area (Å²) in [7, 11) is 0. The van der Waals surface area contributed by atoms with E-state index in [2.05, 4.69) is 15.9 Å². The number of hydrogen-bond donors (Lipinski definition) is 0.